The summed E-state index contributed by atoms with van der Waals surface area (Å²) in [6.45, 7) is 3.08. The monoisotopic (exact) mass is 303 g/mol. The first-order chi connectivity index (χ1) is 10.7. The third-order valence-electron chi connectivity index (χ3n) is 3.06. The van der Waals surface area contributed by atoms with Gasteiger partial charge in [-0.15, -0.1) is 0 Å². The molecule has 1 atom stereocenters. The molecule has 2 N–H and O–H groups in total. The molecule has 0 saturated heterocycles. The molecule has 1 unspecified atom stereocenters. The molecule has 7 nitrogen and oxygen atoms in total. The number of ether oxygens (including phenoxy) is 1. The molecule has 2 heterocycles. The predicted octanol–water partition coefficient (Wildman–Crippen LogP) is 1.68. The molecular weight excluding hydrogens is 282 g/mol. The van der Waals surface area contributed by atoms with Crippen LogP contribution in [0, 0.1) is 0 Å². The van der Waals surface area contributed by atoms with Crippen LogP contribution in [0.5, 0.6) is 0 Å². The minimum Gasteiger partial charge on any atom is -0.383 e. The maximum atomic E-state index is 11.8. The number of amides is 2. The minimum atomic E-state index is -0.288. The molecule has 0 radical (unpaired) electrons. The summed E-state index contributed by atoms with van der Waals surface area (Å²) in [5, 5.41) is 9.78. The second-order valence-electron chi connectivity index (χ2n) is 5.02. The van der Waals surface area contributed by atoms with E-state index in [1.807, 2.05) is 25.3 Å². The average Bonchev–Trinajstić information content (AvgIpc) is 2.93. The van der Waals surface area contributed by atoms with Gasteiger partial charge in [-0.1, -0.05) is 0 Å². The van der Waals surface area contributed by atoms with Gasteiger partial charge in [-0.05, 0) is 31.0 Å². The summed E-state index contributed by atoms with van der Waals surface area (Å²) in [5.41, 5.74) is 1.20. The van der Waals surface area contributed by atoms with Crippen LogP contribution in [0.2, 0.25) is 0 Å². The number of urea groups is 1. The van der Waals surface area contributed by atoms with E-state index in [1.54, 1.807) is 30.3 Å². The molecule has 2 aromatic rings. The van der Waals surface area contributed by atoms with Gasteiger partial charge in [0.25, 0.3) is 0 Å². The van der Waals surface area contributed by atoms with Crippen LogP contribution >= 0.6 is 0 Å². The molecule has 0 saturated carbocycles. The van der Waals surface area contributed by atoms with Crippen LogP contribution in [0.15, 0.2) is 36.8 Å². The largest absolute Gasteiger partial charge is 0.383 e. The van der Waals surface area contributed by atoms with Gasteiger partial charge in [-0.3, -0.25) is 15.0 Å². The number of carbonyl (C=O) groups excluding carboxylic acids is 1. The van der Waals surface area contributed by atoms with Gasteiger partial charge >= 0.3 is 6.03 Å². The Kier molecular flexibility index (Phi) is 5.91. The Morgan fingerprint density at radius 3 is 2.86 bits per heavy atom. The summed E-state index contributed by atoms with van der Waals surface area (Å²) in [6, 6.07) is 5.39. The molecule has 0 aliphatic heterocycles. The Labute approximate surface area is 129 Å². The average molecular weight is 303 g/mol. The molecule has 0 aromatic carbocycles. The molecule has 0 fully saturated rings. The van der Waals surface area contributed by atoms with E-state index in [1.165, 1.54) is 5.56 Å². The number of nitrogens with zero attached hydrogens (tertiary/aromatic N) is 3. The van der Waals surface area contributed by atoms with Gasteiger partial charge < -0.3 is 10.1 Å². The molecule has 2 aromatic heterocycles. The lowest BCUT2D eigenvalue weighted by Gasteiger charge is -2.12. The van der Waals surface area contributed by atoms with Crippen LogP contribution in [0.3, 0.4) is 0 Å². The van der Waals surface area contributed by atoms with Gasteiger partial charge in [0.05, 0.1) is 12.6 Å². The second-order valence-corrected chi connectivity index (χ2v) is 5.02. The zero-order valence-electron chi connectivity index (χ0n) is 12.8. The summed E-state index contributed by atoms with van der Waals surface area (Å²) in [6.07, 6.45) is 6.25. The highest BCUT2D eigenvalue weighted by molar-refractivity contribution is 5.88. The smallest absolute Gasteiger partial charge is 0.320 e. The van der Waals surface area contributed by atoms with E-state index in [9.17, 15) is 4.79 Å². The van der Waals surface area contributed by atoms with Gasteiger partial charge in [0, 0.05) is 38.3 Å². The summed E-state index contributed by atoms with van der Waals surface area (Å²) >= 11 is 0. The Bertz CT molecular complexity index is 585. The number of hydrogen-bond donors (Lipinski definition) is 2. The van der Waals surface area contributed by atoms with Crippen LogP contribution < -0.4 is 10.6 Å². The maximum absolute atomic E-state index is 11.8. The normalized spacial score (nSPS) is 11.9. The fraction of sp³-hybridized carbons (Fsp3) is 0.400. The number of carbonyl (C=O) groups is 1. The maximum Gasteiger partial charge on any atom is 0.320 e. The van der Waals surface area contributed by atoms with Crippen molar-refractivity contribution in [2.75, 3.05) is 19.0 Å². The molecule has 2 amide bonds. The molecule has 2 rings (SSSR count). The highest BCUT2D eigenvalue weighted by Gasteiger charge is 2.08. The van der Waals surface area contributed by atoms with Crippen LogP contribution in [0.4, 0.5) is 10.6 Å². The van der Waals surface area contributed by atoms with E-state index in [0.29, 0.717) is 12.4 Å². The lowest BCUT2D eigenvalue weighted by atomic mass is 10.2. The number of anilines is 1. The first-order valence-electron chi connectivity index (χ1n) is 7.16. The molecule has 0 aliphatic rings. The standard InChI is InChI=1S/C15H21N5O2/c1-12(11-22-2)17-15(21)18-14-6-10-20(19-14)9-5-13-3-7-16-8-4-13/h3-4,6-8,10,12H,5,9,11H2,1-2H3,(H2,17,18,19,21). The third kappa shape index (κ3) is 5.17. The SMILES string of the molecule is COCC(C)NC(=O)Nc1ccn(CCc2ccncc2)n1. The highest BCUT2D eigenvalue weighted by atomic mass is 16.5. The molecule has 0 aliphatic carbocycles. The van der Waals surface area contributed by atoms with Gasteiger partial charge in [-0.2, -0.15) is 5.10 Å². The lowest BCUT2D eigenvalue weighted by molar-refractivity contribution is 0.173. The van der Waals surface area contributed by atoms with E-state index < -0.39 is 0 Å². The molecule has 118 valence electrons. The van der Waals surface area contributed by atoms with Crippen LogP contribution in [-0.2, 0) is 17.7 Å². The topological polar surface area (TPSA) is 81.1 Å². The number of aromatic nitrogens is 3. The lowest BCUT2D eigenvalue weighted by Crippen LogP contribution is -2.38. The van der Waals surface area contributed by atoms with Crippen molar-refractivity contribution >= 4 is 11.8 Å². The van der Waals surface area contributed by atoms with E-state index in [4.69, 9.17) is 4.74 Å². The summed E-state index contributed by atoms with van der Waals surface area (Å²) in [4.78, 5) is 15.7. The Hall–Kier alpha value is -2.41. The van der Waals surface area contributed by atoms with Gasteiger partial charge in [0.1, 0.15) is 0 Å². The van der Waals surface area contributed by atoms with Crippen molar-refractivity contribution in [3.8, 4) is 0 Å². The van der Waals surface area contributed by atoms with Gasteiger partial charge in [0.2, 0.25) is 0 Å². The van der Waals surface area contributed by atoms with Crippen molar-refractivity contribution < 1.29 is 9.53 Å². The first kappa shape index (κ1) is 16.0. The number of nitrogens with one attached hydrogen (secondary N) is 2. The summed E-state index contributed by atoms with van der Waals surface area (Å²) < 4.78 is 6.77. The Morgan fingerprint density at radius 1 is 1.36 bits per heavy atom. The minimum absolute atomic E-state index is 0.0567. The van der Waals surface area contributed by atoms with Crippen LogP contribution in [0.1, 0.15) is 12.5 Å². The van der Waals surface area contributed by atoms with E-state index in [2.05, 4.69) is 20.7 Å². The molecular formula is C15H21N5O2. The molecule has 22 heavy (non-hydrogen) atoms. The Balaban J connectivity index is 1.80. The number of aryl methyl sites for hydroxylation is 2. The van der Waals surface area contributed by atoms with Crippen molar-refractivity contribution in [1.29, 1.82) is 0 Å². The Morgan fingerprint density at radius 2 is 2.14 bits per heavy atom. The zero-order valence-corrected chi connectivity index (χ0v) is 12.8. The van der Waals surface area contributed by atoms with Crippen molar-refractivity contribution in [1.82, 2.24) is 20.1 Å². The van der Waals surface area contributed by atoms with E-state index >= 15 is 0 Å². The van der Waals surface area contributed by atoms with Crippen molar-refractivity contribution in [3.05, 3.63) is 42.4 Å². The van der Waals surface area contributed by atoms with Crippen molar-refractivity contribution in [2.45, 2.75) is 25.9 Å². The molecule has 0 bridgehead atoms. The highest BCUT2D eigenvalue weighted by Crippen LogP contribution is 2.05. The second kappa shape index (κ2) is 8.14. The first-order valence-corrected chi connectivity index (χ1v) is 7.16. The number of pyridine rings is 1. The quantitative estimate of drug-likeness (QED) is 0.815. The number of hydrogen-bond acceptors (Lipinski definition) is 4. The summed E-state index contributed by atoms with van der Waals surface area (Å²) in [5.74, 6) is 0.525. The van der Waals surface area contributed by atoms with Crippen LogP contribution in [-0.4, -0.2) is 40.6 Å². The molecule has 7 heteroatoms. The van der Waals surface area contributed by atoms with Gasteiger partial charge in [-0.25, -0.2) is 4.79 Å². The van der Waals surface area contributed by atoms with E-state index in [-0.39, 0.29) is 12.1 Å². The zero-order chi connectivity index (χ0) is 15.8. The fourth-order valence-corrected chi connectivity index (χ4v) is 2.01. The third-order valence-corrected chi connectivity index (χ3v) is 3.06. The summed E-state index contributed by atoms with van der Waals surface area (Å²) in [7, 11) is 1.60. The van der Waals surface area contributed by atoms with Crippen molar-refractivity contribution in [3.63, 3.8) is 0 Å². The van der Waals surface area contributed by atoms with E-state index in [0.717, 1.165) is 13.0 Å². The fourth-order valence-electron chi connectivity index (χ4n) is 2.01. The van der Waals surface area contributed by atoms with Crippen LogP contribution in [0.25, 0.3) is 0 Å². The van der Waals surface area contributed by atoms with Gasteiger partial charge in [0.15, 0.2) is 5.82 Å². The molecule has 0 spiro atoms. The number of methoxy groups -OCH3 is 1. The predicted molar refractivity (Wildman–Crippen MR) is 83.7 cm³/mol. The number of rotatable bonds is 7. The van der Waals surface area contributed by atoms with Crippen molar-refractivity contribution in [2.24, 2.45) is 0 Å².